The average molecular weight is 412 g/mol. The van der Waals surface area contributed by atoms with Gasteiger partial charge in [0.15, 0.2) is 0 Å². The van der Waals surface area contributed by atoms with E-state index in [0.29, 0.717) is 27.7 Å². The van der Waals surface area contributed by atoms with Gasteiger partial charge in [-0.1, -0.05) is 49.8 Å². The molecule has 8 heteroatoms. The molecule has 0 saturated heterocycles. The summed E-state index contributed by atoms with van der Waals surface area (Å²) in [6, 6.07) is 13.9. The summed E-state index contributed by atoms with van der Waals surface area (Å²) in [6.07, 6.45) is 0.712. The molecule has 6 nitrogen and oxygen atoms in total. The van der Waals surface area contributed by atoms with Gasteiger partial charge in [0, 0.05) is 11.1 Å². The summed E-state index contributed by atoms with van der Waals surface area (Å²) < 4.78 is 13.1. The van der Waals surface area contributed by atoms with Gasteiger partial charge in [-0.3, -0.25) is 14.9 Å². The molecule has 2 N–H and O–H groups in total. The van der Waals surface area contributed by atoms with Crippen LogP contribution < -0.4 is 10.6 Å². The maximum absolute atomic E-state index is 13.1. The fourth-order valence-corrected chi connectivity index (χ4v) is 3.43. The average Bonchev–Trinajstić information content (AvgIpc) is 3.20. The number of nitrogens with one attached hydrogen (secondary N) is 2. The highest BCUT2D eigenvalue weighted by atomic mass is 32.1. The summed E-state index contributed by atoms with van der Waals surface area (Å²) >= 11 is 1.18. The van der Waals surface area contributed by atoms with Crippen molar-refractivity contribution in [3.8, 4) is 10.6 Å². The van der Waals surface area contributed by atoms with Crippen molar-refractivity contribution in [1.82, 2.24) is 15.5 Å². The first-order valence-electron chi connectivity index (χ1n) is 9.24. The summed E-state index contributed by atoms with van der Waals surface area (Å²) in [7, 11) is 0. The van der Waals surface area contributed by atoms with Crippen molar-refractivity contribution in [2.45, 2.75) is 26.3 Å². The molecule has 0 bridgehead atoms. The molecule has 2 atom stereocenters. The Kier molecular flexibility index (Phi) is 6.66. The first-order chi connectivity index (χ1) is 14.0. The van der Waals surface area contributed by atoms with Gasteiger partial charge in [-0.25, -0.2) is 4.39 Å². The summed E-state index contributed by atoms with van der Waals surface area (Å²) in [5, 5.41) is 14.5. The van der Waals surface area contributed by atoms with E-state index in [1.807, 2.05) is 19.9 Å². The molecule has 0 unspecified atom stereocenters. The van der Waals surface area contributed by atoms with Crippen molar-refractivity contribution in [1.29, 1.82) is 0 Å². The normalized spacial score (nSPS) is 12.8. The molecule has 0 aliphatic carbocycles. The van der Waals surface area contributed by atoms with E-state index in [0.717, 1.165) is 0 Å². The standard InChI is InChI=1S/C21H21FN4O2S/c1-3-13(2)17(23-18(27)14-7-5-4-6-8-14)19(28)24-21-26-25-20(29-21)15-9-11-16(22)12-10-15/h4-13,17H,3H2,1-2H3,(H,23,27)(H,24,26,28)/t13-,17+/m0/s1. The van der Waals surface area contributed by atoms with Crippen LogP contribution in [0, 0.1) is 11.7 Å². The van der Waals surface area contributed by atoms with Crippen molar-refractivity contribution in [3.63, 3.8) is 0 Å². The number of carbonyl (C=O) groups is 2. The molecule has 2 amide bonds. The zero-order valence-electron chi connectivity index (χ0n) is 16.1. The van der Waals surface area contributed by atoms with Gasteiger partial charge >= 0.3 is 0 Å². The number of hydrogen-bond donors (Lipinski definition) is 2. The third-order valence-corrected chi connectivity index (χ3v) is 5.45. The minimum atomic E-state index is -0.717. The lowest BCUT2D eigenvalue weighted by molar-refractivity contribution is -0.119. The van der Waals surface area contributed by atoms with E-state index in [1.165, 1.54) is 23.5 Å². The lowest BCUT2D eigenvalue weighted by Crippen LogP contribution is -2.47. The molecule has 2 aromatic carbocycles. The van der Waals surface area contributed by atoms with Crippen molar-refractivity contribution in [3.05, 3.63) is 66.0 Å². The van der Waals surface area contributed by atoms with Gasteiger partial charge in [-0.15, -0.1) is 10.2 Å². The van der Waals surface area contributed by atoms with Crippen molar-refractivity contribution < 1.29 is 14.0 Å². The largest absolute Gasteiger partial charge is 0.340 e. The Morgan fingerprint density at radius 3 is 2.41 bits per heavy atom. The molecule has 0 aliphatic heterocycles. The van der Waals surface area contributed by atoms with Crippen LogP contribution in [0.5, 0.6) is 0 Å². The molecular weight excluding hydrogens is 391 g/mol. The smallest absolute Gasteiger partial charge is 0.251 e. The molecule has 0 radical (unpaired) electrons. The third-order valence-electron chi connectivity index (χ3n) is 4.56. The molecule has 1 aromatic heterocycles. The Labute approximate surface area is 172 Å². The SMILES string of the molecule is CC[C@H](C)[C@@H](NC(=O)c1ccccc1)C(=O)Nc1nnc(-c2ccc(F)cc2)s1. The molecule has 3 aromatic rings. The molecule has 0 saturated carbocycles. The molecule has 0 fully saturated rings. The highest BCUT2D eigenvalue weighted by molar-refractivity contribution is 7.18. The van der Waals surface area contributed by atoms with Crippen molar-refractivity contribution >= 4 is 28.3 Å². The minimum Gasteiger partial charge on any atom is -0.340 e. The van der Waals surface area contributed by atoms with Gasteiger partial charge < -0.3 is 5.32 Å². The maximum Gasteiger partial charge on any atom is 0.251 e. The molecule has 3 rings (SSSR count). The number of amides is 2. The van der Waals surface area contributed by atoms with E-state index in [-0.39, 0.29) is 23.5 Å². The molecule has 0 aliphatic rings. The van der Waals surface area contributed by atoms with Crippen LogP contribution in [0.3, 0.4) is 0 Å². The van der Waals surface area contributed by atoms with E-state index in [9.17, 15) is 14.0 Å². The second-order valence-electron chi connectivity index (χ2n) is 6.61. The zero-order chi connectivity index (χ0) is 20.8. The van der Waals surface area contributed by atoms with Gasteiger partial charge in [0.2, 0.25) is 11.0 Å². The second-order valence-corrected chi connectivity index (χ2v) is 7.59. The first kappa shape index (κ1) is 20.6. The van der Waals surface area contributed by atoms with Crippen LogP contribution in [0.15, 0.2) is 54.6 Å². The number of nitrogens with zero attached hydrogens (tertiary/aromatic N) is 2. The number of carbonyl (C=O) groups excluding carboxylic acids is 2. The topological polar surface area (TPSA) is 84.0 Å². The van der Waals surface area contributed by atoms with Gasteiger partial charge in [-0.2, -0.15) is 0 Å². The number of benzene rings is 2. The summed E-state index contributed by atoms with van der Waals surface area (Å²) in [5.74, 6) is -1.08. The summed E-state index contributed by atoms with van der Waals surface area (Å²) in [6.45, 7) is 3.86. The molecule has 0 spiro atoms. The Balaban J connectivity index is 1.72. The highest BCUT2D eigenvalue weighted by Crippen LogP contribution is 2.26. The lowest BCUT2D eigenvalue weighted by Gasteiger charge is -2.23. The summed E-state index contributed by atoms with van der Waals surface area (Å²) in [5.41, 5.74) is 1.20. The van der Waals surface area contributed by atoms with E-state index < -0.39 is 6.04 Å². The van der Waals surface area contributed by atoms with Crippen LogP contribution in [0.25, 0.3) is 10.6 Å². The maximum atomic E-state index is 13.1. The van der Waals surface area contributed by atoms with Crippen LogP contribution in [-0.4, -0.2) is 28.1 Å². The highest BCUT2D eigenvalue weighted by Gasteiger charge is 2.27. The number of rotatable bonds is 7. The Hall–Kier alpha value is -3.13. The van der Waals surface area contributed by atoms with E-state index in [4.69, 9.17) is 0 Å². The number of aromatic nitrogens is 2. The van der Waals surface area contributed by atoms with Crippen molar-refractivity contribution in [2.75, 3.05) is 5.32 Å². The Bertz CT molecular complexity index is 976. The van der Waals surface area contributed by atoms with Gasteiger partial charge in [0.05, 0.1) is 0 Å². The lowest BCUT2D eigenvalue weighted by atomic mass is 9.98. The monoisotopic (exact) mass is 412 g/mol. The third kappa shape index (κ3) is 5.23. The van der Waals surface area contributed by atoms with Crippen LogP contribution in [-0.2, 0) is 4.79 Å². The quantitative estimate of drug-likeness (QED) is 0.611. The summed E-state index contributed by atoms with van der Waals surface area (Å²) in [4.78, 5) is 25.3. The van der Waals surface area contributed by atoms with Crippen LogP contribution in [0.1, 0.15) is 30.6 Å². The fraction of sp³-hybridized carbons (Fsp3) is 0.238. The van der Waals surface area contributed by atoms with E-state index in [2.05, 4.69) is 20.8 Å². The van der Waals surface area contributed by atoms with Crippen molar-refractivity contribution in [2.24, 2.45) is 5.92 Å². The molecule has 1 heterocycles. The van der Waals surface area contributed by atoms with Gasteiger partial charge in [-0.05, 0) is 42.3 Å². The van der Waals surface area contributed by atoms with Gasteiger partial charge in [0.25, 0.3) is 5.91 Å². The Morgan fingerprint density at radius 2 is 1.76 bits per heavy atom. The number of anilines is 1. The minimum absolute atomic E-state index is 0.0767. The van der Waals surface area contributed by atoms with Crippen LogP contribution in [0.2, 0.25) is 0 Å². The van der Waals surface area contributed by atoms with E-state index in [1.54, 1.807) is 36.4 Å². The van der Waals surface area contributed by atoms with E-state index >= 15 is 0 Å². The predicted octanol–water partition coefficient (Wildman–Crippen LogP) is 4.13. The fourth-order valence-electron chi connectivity index (χ4n) is 2.68. The van der Waals surface area contributed by atoms with Crippen LogP contribution in [0.4, 0.5) is 9.52 Å². The van der Waals surface area contributed by atoms with Gasteiger partial charge in [0.1, 0.15) is 16.9 Å². The predicted molar refractivity (Wildman–Crippen MR) is 111 cm³/mol. The first-order valence-corrected chi connectivity index (χ1v) is 10.1. The Morgan fingerprint density at radius 1 is 1.07 bits per heavy atom. The second kappa shape index (κ2) is 9.38. The molecule has 150 valence electrons. The molecule has 29 heavy (non-hydrogen) atoms. The van der Waals surface area contributed by atoms with Crippen LogP contribution >= 0.6 is 11.3 Å². The number of halogens is 1. The number of hydrogen-bond acceptors (Lipinski definition) is 5. The molecular formula is C21H21FN4O2S. The zero-order valence-corrected chi connectivity index (χ0v) is 16.9.